The molecule has 1 aliphatic rings. The summed E-state index contributed by atoms with van der Waals surface area (Å²) in [7, 11) is 0. The van der Waals surface area contributed by atoms with Crippen molar-refractivity contribution in [3.05, 3.63) is 62.9 Å². The van der Waals surface area contributed by atoms with E-state index in [-0.39, 0.29) is 11.6 Å². The van der Waals surface area contributed by atoms with Crippen molar-refractivity contribution in [1.82, 2.24) is 9.79 Å². The summed E-state index contributed by atoms with van der Waals surface area (Å²) in [5.74, 6) is -4.36. The number of carbonyl (C=O) groups is 1. The Hall–Kier alpha value is -1.45. The molecule has 0 aliphatic heterocycles. The molecule has 0 heterocycles. The second-order valence-corrected chi connectivity index (χ2v) is 7.75. The van der Waals surface area contributed by atoms with E-state index in [0.29, 0.717) is 6.54 Å². The molecule has 10 heteroatoms. The summed E-state index contributed by atoms with van der Waals surface area (Å²) in [4.78, 5) is 10.9. The first kappa shape index (κ1) is 20.3. The van der Waals surface area contributed by atoms with Gasteiger partial charge in [0.1, 0.15) is 10.0 Å². The number of carbonyl (C=O) groups excluding carboxylic acids is 1. The van der Waals surface area contributed by atoms with Gasteiger partial charge < -0.3 is 0 Å². The lowest BCUT2D eigenvalue weighted by Gasteiger charge is -2.22. The molecule has 144 valence electrons. The molecule has 1 aliphatic carbocycles. The van der Waals surface area contributed by atoms with Gasteiger partial charge in [-0.3, -0.25) is 10.0 Å². The Morgan fingerprint density at radius 1 is 1.11 bits per heavy atom. The van der Waals surface area contributed by atoms with Crippen molar-refractivity contribution in [3.63, 3.8) is 0 Å². The maximum atomic E-state index is 14.3. The third-order valence-corrected chi connectivity index (χ3v) is 5.85. The van der Waals surface area contributed by atoms with E-state index in [0.717, 1.165) is 30.4 Å². The van der Waals surface area contributed by atoms with Gasteiger partial charge in [-0.2, -0.15) is 0 Å². The molecule has 2 aromatic rings. The van der Waals surface area contributed by atoms with Crippen LogP contribution in [0.2, 0.25) is 10.0 Å². The van der Waals surface area contributed by atoms with Crippen LogP contribution in [0.3, 0.4) is 0 Å². The van der Waals surface area contributed by atoms with Crippen molar-refractivity contribution in [2.75, 3.05) is 0 Å². The van der Waals surface area contributed by atoms with Crippen molar-refractivity contribution in [1.29, 1.82) is 0 Å². The highest BCUT2D eigenvalue weighted by molar-refractivity contribution is 7.97. The number of hydrogen-bond acceptors (Lipinski definition) is 4. The number of halogens is 5. The largest absolute Gasteiger partial charge is 0.288 e. The van der Waals surface area contributed by atoms with Crippen molar-refractivity contribution in [3.8, 4) is 0 Å². The molecule has 2 aromatic carbocycles. The topological polar surface area (TPSA) is 52.6 Å². The highest BCUT2D eigenvalue weighted by Crippen LogP contribution is 2.42. The fourth-order valence-electron chi connectivity index (χ4n) is 2.39. The zero-order valence-electron chi connectivity index (χ0n) is 13.6. The van der Waals surface area contributed by atoms with Gasteiger partial charge >= 0.3 is 0 Å². The SMILES string of the molecule is O=C(NO)c1ccc(CN(Sc2c(F)c(Cl)c(F)c(Cl)c2F)C2CC2)cc1. The molecule has 0 radical (unpaired) electrons. The molecular weight excluding hydrogens is 424 g/mol. The van der Waals surface area contributed by atoms with Crippen LogP contribution in [0.15, 0.2) is 29.2 Å². The molecule has 27 heavy (non-hydrogen) atoms. The lowest BCUT2D eigenvalue weighted by molar-refractivity contribution is 0.0706. The van der Waals surface area contributed by atoms with Crippen LogP contribution in [0, 0.1) is 17.5 Å². The van der Waals surface area contributed by atoms with E-state index < -0.39 is 38.3 Å². The van der Waals surface area contributed by atoms with Gasteiger partial charge in [-0.05, 0) is 42.5 Å². The van der Waals surface area contributed by atoms with Gasteiger partial charge in [-0.15, -0.1) is 0 Å². The molecule has 0 atom stereocenters. The summed E-state index contributed by atoms with van der Waals surface area (Å²) >= 11 is 11.9. The highest BCUT2D eigenvalue weighted by atomic mass is 35.5. The third-order valence-electron chi connectivity index (χ3n) is 3.99. The van der Waals surface area contributed by atoms with E-state index in [1.165, 1.54) is 17.6 Å². The van der Waals surface area contributed by atoms with Gasteiger partial charge in [0, 0.05) is 18.2 Å². The fraction of sp³-hybridized carbons (Fsp3) is 0.235. The average molecular weight is 437 g/mol. The van der Waals surface area contributed by atoms with Gasteiger partial charge in [-0.1, -0.05) is 35.3 Å². The standard InChI is InChI=1S/C17H13Cl2F3N2O2S/c18-11-13(20)12(19)15(22)16(14(11)21)27-24(10-5-6-10)7-8-1-3-9(4-2-8)17(25)23-26/h1-4,10,26H,5-7H2,(H,23,25). The third kappa shape index (κ3) is 4.35. The number of nitrogens with one attached hydrogen (secondary N) is 1. The fourth-order valence-corrected chi connectivity index (χ4v) is 4.10. The molecule has 2 N–H and O–H groups in total. The van der Waals surface area contributed by atoms with Gasteiger partial charge in [0.25, 0.3) is 5.91 Å². The van der Waals surface area contributed by atoms with Gasteiger partial charge in [0.15, 0.2) is 17.5 Å². The van der Waals surface area contributed by atoms with Crippen molar-refractivity contribution in [2.24, 2.45) is 0 Å². The molecule has 0 unspecified atom stereocenters. The molecule has 0 bridgehead atoms. The number of amides is 1. The van der Waals surface area contributed by atoms with E-state index in [2.05, 4.69) is 0 Å². The van der Waals surface area contributed by atoms with Crippen LogP contribution in [0.5, 0.6) is 0 Å². The summed E-state index contributed by atoms with van der Waals surface area (Å²) in [5, 5.41) is 6.94. The Morgan fingerprint density at radius 3 is 2.15 bits per heavy atom. The number of hydrogen-bond donors (Lipinski definition) is 2. The first-order valence-corrected chi connectivity index (χ1v) is 9.35. The predicted molar refractivity (Wildman–Crippen MR) is 96.5 cm³/mol. The van der Waals surface area contributed by atoms with Gasteiger partial charge in [-0.25, -0.2) is 23.0 Å². The minimum absolute atomic E-state index is 0.0943. The van der Waals surface area contributed by atoms with E-state index in [1.807, 2.05) is 0 Å². The minimum Gasteiger partial charge on any atom is -0.288 e. The lowest BCUT2D eigenvalue weighted by atomic mass is 10.1. The highest BCUT2D eigenvalue weighted by Gasteiger charge is 2.33. The molecule has 3 rings (SSSR count). The Kier molecular flexibility index (Phi) is 6.22. The molecular formula is C17H13Cl2F3N2O2S. The van der Waals surface area contributed by atoms with Crippen LogP contribution in [-0.4, -0.2) is 21.5 Å². The second kappa shape index (κ2) is 8.28. The molecule has 1 fully saturated rings. The summed E-state index contributed by atoms with van der Waals surface area (Å²) in [5.41, 5.74) is 2.58. The van der Waals surface area contributed by atoms with E-state index in [4.69, 9.17) is 28.4 Å². The second-order valence-electron chi connectivity index (χ2n) is 5.93. The molecule has 1 amide bonds. The zero-order chi connectivity index (χ0) is 19.7. The smallest absolute Gasteiger partial charge is 0.274 e. The molecule has 1 saturated carbocycles. The number of hydroxylamine groups is 1. The van der Waals surface area contributed by atoms with Gasteiger partial charge in [0.05, 0.1) is 4.90 Å². The first-order chi connectivity index (χ1) is 12.8. The Bertz CT molecular complexity index is 850. The maximum absolute atomic E-state index is 14.3. The van der Waals surface area contributed by atoms with Crippen LogP contribution in [0.4, 0.5) is 13.2 Å². The number of nitrogens with zero attached hydrogens (tertiary/aromatic N) is 1. The van der Waals surface area contributed by atoms with Crippen molar-refractivity contribution >= 4 is 41.1 Å². The molecule has 0 aromatic heterocycles. The Morgan fingerprint density at radius 2 is 1.67 bits per heavy atom. The number of benzene rings is 2. The van der Waals surface area contributed by atoms with Gasteiger partial charge in [0.2, 0.25) is 0 Å². The number of rotatable bonds is 6. The monoisotopic (exact) mass is 436 g/mol. The van der Waals surface area contributed by atoms with E-state index in [1.54, 1.807) is 16.4 Å². The van der Waals surface area contributed by atoms with Crippen molar-refractivity contribution < 1.29 is 23.2 Å². The van der Waals surface area contributed by atoms with E-state index in [9.17, 15) is 18.0 Å². The lowest BCUT2D eigenvalue weighted by Crippen LogP contribution is -2.20. The summed E-state index contributed by atoms with van der Waals surface area (Å²) in [6, 6.07) is 6.46. The normalized spacial score (nSPS) is 13.9. The summed E-state index contributed by atoms with van der Waals surface area (Å²) in [6.07, 6.45) is 1.70. The Labute approximate surface area is 167 Å². The zero-order valence-corrected chi connectivity index (χ0v) is 15.9. The Balaban J connectivity index is 1.83. The molecule has 0 spiro atoms. The average Bonchev–Trinajstić information content (AvgIpc) is 3.52. The molecule has 0 saturated heterocycles. The van der Waals surface area contributed by atoms with E-state index >= 15 is 0 Å². The van der Waals surface area contributed by atoms with Crippen LogP contribution < -0.4 is 5.48 Å². The van der Waals surface area contributed by atoms with Crippen LogP contribution in [0.1, 0.15) is 28.8 Å². The van der Waals surface area contributed by atoms with Crippen molar-refractivity contribution in [2.45, 2.75) is 30.3 Å². The van der Waals surface area contributed by atoms with Crippen LogP contribution in [0.25, 0.3) is 0 Å². The first-order valence-electron chi connectivity index (χ1n) is 7.83. The maximum Gasteiger partial charge on any atom is 0.274 e. The van der Waals surface area contributed by atoms with Crippen LogP contribution in [-0.2, 0) is 6.54 Å². The molecule has 4 nitrogen and oxygen atoms in total. The summed E-state index contributed by atoms with van der Waals surface area (Å²) in [6.45, 7) is 0.321. The predicted octanol–water partition coefficient (Wildman–Crippen LogP) is 5.20. The quantitative estimate of drug-likeness (QED) is 0.215. The summed E-state index contributed by atoms with van der Waals surface area (Å²) < 4.78 is 43.9. The minimum atomic E-state index is -1.33. The van der Waals surface area contributed by atoms with Crippen LogP contribution >= 0.6 is 35.1 Å².